The third-order valence-corrected chi connectivity index (χ3v) is 1.78. The Labute approximate surface area is 87.6 Å². The summed E-state index contributed by atoms with van der Waals surface area (Å²) >= 11 is 0. The number of amides is 1. The molecule has 0 heterocycles. The number of primary amides is 1. The maximum Gasteiger partial charge on any atom is 0.252 e. The lowest BCUT2D eigenvalue weighted by Crippen LogP contribution is -2.13. The van der Waals surface area contributed by atoms with Crippen molar-refractivity contribution in [2.24, 2.45) is 5.73 Å². The van der Waals surface area contributed by atoms with E-state index < -0.39 is 5.91 Å². The van der Waals surface area contributed by atoms with Gasteiger partial charge in [-0.15, -0.1) is 0 Å². The van der Waals surface area contributed by atoms with E-state index in [0.29, 0.717) is 0 Å². The summed E-state index contributed by atoms with van der Waals surface area (Å²) in [4.78, 5) is 10.9. The van der Waals surface area contributed by atoms with Crippen molar-refractivity contribution in [3.05, 3.63) is 17.7 Å². The van der Waals surface area contributed by atoms with Crippen LogP contribution in [-0.2, 0) is 0 Å². The molecule has 1 aromatic carbocycles. The SMILES string of the molecule is CC(C)Oc1c(N)ccc(C(N)=O)c1O. The molecule has 1 amide bonds. The Bertz CT molecular complexity index is 388. The van der Waals surface area contributed by atoms with Crippen molar-refractivity contribution in [1.29, 1.82) is 0 Å². The Morgan fingerprint density at radius 1 is 1.47 bits per heavy atom. The topological polar surface area (TPSA) is 98.6 Å². The molecule has 0 unspecified atom stereocenters. The summed E-state index contributed by atoms with van der Waals surface area (Å²) in [5.74, 6) is -0.932. The molecule has 0 aliphatic heterocycles. The first-order valence-electron chi connectivity index (χ1n) is 4.51. The third-order valence-electron chi connectivity index (χ3n) is 1.78. The summed E-state index contributed by atoms with van der Waals surface area (Å²) in [6.45, 7) is 3.58. The molecule has 0 saturated carbocycles. The lowest BCUT2D eigenvalue weighted by atomic mass is 10.1. The van der Waals surface area contributed by atoms with Gasteiger partial charge in [0.15, 0.2) is 11.5 Å². The number of benzene rings is 1. The Hall–Kier alpha value is -1.91. The van der Waals surface area contributed by atoms with Gasteiger partial charge >= 0.3 is 0 Å². The zero-order valence-corrected chi connectivity index (χ0v) is 8.65. The highest BCUT2D eigenvalue weighted by Gasteiger charge is 2.16. The fourth-order valence-electron chi connectivity index (χ4n) is 1.15. The number of rotatable bonds is 3. The van der Waals surface area contributed by atoms with E-state index in [1.807, 2.05) is 0 Å². The summed E-state index contributed by atoms with van der Waals surface area (Å²) in [7, 11) is 0. The number of hydrogen-bond donors (Lipinski definition) is 3. The van der Waals surface area contributed by atoms with E-state index in [-0.39, 0.29) is 28.9 Å². The number of carbonyl (C=O) groups excluding carboxylic acids is 1. The minimum Gasteiger partial charge on any atom is -0.504 e. The van der Waals surface area contributed by atoms with E-state index in [0.717, 1.165) is 0 Å². The van der Waals surface area contributed by atoms with Gasteiger partial charge in [-0.05, 0) is 26.0 Å². The molecule has 0 spiro atoms. The second-order valence-electron chi connectivity index (χ2n) is 3.41. The summed E-state index contributed by atoms with van der Waals surface area (Å²) in [6.07, 6.45) is -0.152. The van der Waals surface area contributed by atoms with Gasteiger partial charge in [-0.2, -0.15) is 0 Å². The number of anilines is 1. The van der Waals surface area contributed by atoms with Crippen molar-refractivity contribution in [2.75, 3.05) is 5.73 Å². The van der Waals surface area contributed by atoms with Crippen LogP contribution in [0.5, 0.6) is 11.5 Å². The van der Waals surface area contributed by atoms with E-state index in [4.69, 9.17) is 16.2 Å². The largest absolute Gasteiger partial charge is 0.504 e. The standard InChI is InChI=1S/C10H14N2O3/c1-5(2)15-9-7(11)4-3-6(8(9)13)10(12)14/h3-5,13H,11H2,1-2H3,(H2,12,14). The molecule has 82 valence electrons. The molecule has 15 heavy (non-hydrogen) atoms. The number of aromatic hydroxyl groups is 1. The minimum absolute atomic E-state index is 0.000139. The third kappa shape index (κ3) is 2.31. The first kappa shape index (κ1) is 11.2. The molecule has 0 atom stereocenters. The van der Waals surface area contributed by atoms with Crippen molar-refractivity contribution >= 4 is 11.6 Å². The van der Waals surface area contributed by atoms with Crippen LogP contribution >= 0.6 is 0 Å². The van der Waals surface area contributed by atoms with E-state index in [2.05, 4.69) is 0 Å². The number of phenols is 1. The fraction of sp³-hybridized carbons (Fsp3) is 0.300. The lowest BCUT2D eigenvalue weighted by Gasteiger charge is -2.14. The lowest BCUT2D eigenvalue weighted by molar-refractivity contribution is 0.0996. The highest BCUT2D eigenvalue weighted by Crippen LogP contribution is 2.36. The smallest absolute Gasteiger partial charge is 0.252 e. The Morgan fingerprint density at radius 3 is 2.53 bits per heavy atom. The quantitative estimate of drug-likeness (QED) is 0.644. The van der Waals surface area contributed by atoms with Gasteiger partial charge in [-0.3, -0.25) is 4.79 Å². The van der Waals surface area contributed by atoms with Crippen molar-refractivity contribution in [3.8, 4) is 11.5 Å². The van der Waals surface area contributed by atoms with Crippen molar-refractivity contribution in [2.45, 2.75) is 20.0 Å². The monoisotopic (exact) mass is 210 g/mol. The number of hydrogen-bond acceptors (Lipinski definition) is 4. The van der Waals surface area contributed by atoms with Crippen LogP contribution in [0.15, 0.2) is 12.1 Å². The maximum absolute atomic E-state index is 10.9. The molecule has 0 aromatic heterocycles. The van der Waals surface area contributed by atoms with Crippen LogP contribution in [0.2, 0.25) is 0 Å². The molecule has 1 rings (SSSR count). The van der Waals surface area contributed by atoms with Crippen LogP contribution in [0.4, 0.5) is 5.69 Å². The van der Waals surface area contributed by atoms with Gasteiger partial charge in [0.2, 0.25) is 0 Å². The molecule has 5 nitrogen and oxygen atoms in total. The molecule has 0 fully saturated rings. The van der Waals surface area contributed by atoms with Crippen LogP contribution in [0.25, 0.3) is 0 Å². The average Bonchev–Trinajstić information content (AvgIpc) is 2.11. The van der Waals surface area contributed by atoms with Crippen LogP contribution in [-0.4, -0.2) is 17.1 Å². The van der Waals surface area contributed by atoms with Gasteiger partial charge < -0.3 is 21.3 Å². The van der Waals surface area contributed by atoms with Gasteiger partial charge in [0.1, 0.15) is 0 Å². The molecular weight excluding hydrogens is 196 g/mol. The van der Waals surface area contributed by atoms with Crippen molar-refractivity contribution < 1.29 is 14.6 Å². The van der Waals surface area contributed by atoms with Crippen LogP contribution in [0.3, 0.4) is 0 Å². The van der Waals surface area contributed by atoms with Crippen molar-refractivity contribution in [1.82, 2.24) is 0 Å². The summed E-state index contributed by atoms with van der Waals surface area (Å²) in [5.41, 5.74) is 10.9. The summed E-state index contributed by atoms with van der Waals surface area (Å²) < 4.78 is 5.28. The van der Waals surface area contributed by atoms with Gasteiger partial charge in [-0.1, -0.05) is 0 Å². The second kappa shape index (κ2) is 4.08. The Balaban J connectivity index is 3.24. The molecular formula is C10H14N2O3. The normalized spacial score (nSPS) is 10.3. The first-order valence-corrected chi connectivity index (χ1v) is 4.51. The molecule has 0 bridgehead atoms. The Morgan fingerprint density at radius 2 is 2.07 bits per heavy atom. The number of ether oxygens (including phenoxy) is 1. The second-order valence-corrected chi connectivity index (χ2v) is 3.41. The van der Waals surface area contributed by atoms with Gasteiger partial charge in [0.05, 0.1) is 17.4 Å². The van der Waals surface area contributed by atoms with Gasteiger partial charge in [0.25, 0.3) is 5.91 Å². The molecule has 5 heteroatoms. The van der Waals surface area contributed by atoms with E-state index in [1.165, 1.54) is 12.1 Å². The van der Waals surface area contributed by atoms with Gasteiger partial charge in [-0.25, -0.2) is 0 Å². The average molecular weight is 210 g/mol. The molecule has 1 aromatic rings. The van der Waals surface area contributed by atoms with E-state index >= 15 is 0 Å². The number of nitrogen functional groups attached to an aromatic ring is 1. The predicted octanol–water partition coefficient (Wildman–Crippen LogP) is 0.861. The highest BCUT2D eigenvalue weighted by molar-refractivity contribution is 5.97. The number of carbonyl (C=O) groups is 1. The van der Waals surface area contributed by atoms with Crippen molar-refractivity contribution in [3.63, 3.8) is 0 Å². The maximum atomic E-state index is 10.9. The molecule has 0 aliphatic rings. The Kier molecular flexibility index (Phi) is 3.04. The van der Waals surface area contributed by atoms with E-state index in [1.54, 1.807) is 13.8 Å². The van der Waals surface area contributed by atoms with E-state index in [9.17, 15) is 9.90 Å². The molecule has 5 N–H and O–H groups in total. The van der Waals surface area contributed by atoms with Gasteiger partial charge in [0, 0.05) is 0 Å². The fourth-order valence-corrected chi connectivity index (χ4v) is 1.15. The van der Waals surface area contributed by atoms with Crippen LogP contribution in [0.1, 0.15) is 24.2 Å². The molecule has 0 aliphatic carbocycles. The zero-order valence-electron chi connectivity index (χ0n) is 8.65. The molecule has 0 radical (unpaired) electrons. The number of nitrogens with two attached hydrogens (primary N) is 2. The van der Waals surface area contributed by atoms with Crippen LogP contribution < -0.4 is 16.2 Å². The summed E-state index contributed by atoms with van der Waals surface area (Å²) in [6, 6.07) is 2.83. The summed E-state index contributed by atoms with van der Waals surface area (Å²) in [5, 5.41) is 9.68. The zero-order chi connectivity index (χ0) is 11.6. The molecule has 0 saturated heterocycles. The highest BCUT2D eigenvalue weighted by atomic mass is 16.5. The van der Waals surface area contributed by atoms with Crippen LogP contribution in [0, 0.1) is 0 Å². The minimum atomic E-state index is -0.721. The first-order chi connectivity index (χ1) is 6.93. The predicted molar refractivity (Wildman–Crippen MR) is 56.8 cm³/mol.